The van der Waals surface area contributed by atoms with E-state index >= 15 is 0 Å². The highest BCUT2D eigenvalue weighted by Gasteiger charge is 2.27. The standard InChI is InChI=1S/C14H15N3O3/c1-2-8-17(9-10-5-6-10)14(20)16-11-4-3-7-15-12(11)13(18)19/h1,3-4,7,10H,5-6,8-9H2,(H,16,20)(H,18,19). The Morgan fingerprint density at radius 2 is 2.30 bits per heavy atom. The summed E-state index contributed by atoms with van der Waals surface area (Å²) >= 11 is 0. The molecule has 2 amide bonds. The lowest BCUT2D eigenvalue weighted by atomic mass is 10.3. The molecule has 2 N–H and O–H groups in total. The molecule has 0 spiro atoms. The Balaban J connectivity index is 2.09. The van der Waals surface area contributed by atoms with Crippen LogP contribution in [0.3, 0.4) is 0 Å². The molecule has 0 aliphatic heterocycles. The van der Waals surface area contributed by atoms with E-state index in [0.29, 0.717) is 12.5 Å². The van der Waals surface area contributed by atoms with Gasteiger partial charge in [0.15, 0.2) is 5.69 Å². The fraction of sp³-hybridized carbons (Fsp3) is 0.357. The normalized spacial score (nSPS) is 13.3. The molecule has 1 aromatic rings. The van der Waals surface area contributed by atoms with Gasteiger partial charge in [0.2, 0.25) is 0 Å². The van der Waals surface area contributed by atoms with Gasteiger partial charge in [0, 0.05) is 12.7 Å². The van der Waals surface area contributed by atoms with E-state index in [1.165, 1.54) is 17.2 Å². The molecule has 0 saturated heterocycles. The van der Waals surface area contributed by atoms with Crippen LogP contribution in [0.2, 0.25) is 0 Å². The van der Waals surface area contributed by atoms with Crippen molar-refractivity contribution in [2.75, 3.05) is 18.4 Å². The fourth-order valence-electron chi connectivity index (χ4n) is 1.81. The van der Waals surface area contributed by atoms with Crippen LogP contribution in [0.25, 0.3) is 0 Å². The number of nitrogens with zero attached hydrogens (tertiary/aromatic N) is 2. The molecule has 1 heterocycles. The van der Waals surface area contributed by atoms with Crippen molar-refractivity contribution >= 4 is 17.7 Å². The predicted octanol–water partition coefficient (Wildman–Crippen LogP) is 1.66. The number of rotatable bonds is 5. The molecule has 1 aliphatic rings. The Hall–Kier alpha value is -2.55. The largest absolute Gasteiger partial charge is 0.476 e. The number of carboxylic acids is 1. The average Bonchev–Trinajstić information content (AvgIpc) is 3.22. The fourth-order valence-corrected chi connectivity index (χ4v) is 1.81. The molecular formula is C14H15N3O3. The van der Waals surface area contributed by atoms with Crippen LogP contribution in [0.5, 0.6) is 0 Å². The number of pyridine rings is 1. The molecule has 20 heavy (non-hydrogen) atoms. The van der Waals surface area contributed by atoms with Gasteiger partial charge in [0.25, 0.3) is 0 Å². The third-order valence-corrected chi connectivity index (χ3v) is 3.00. The van der Waals surface area contributed by atoms with E-state index in [1.54, 1.807) is 6.07 Å². The molecule has 1 aliphatic carbocycles. The van der Waals surface area contributed by atoms with Gasteiger partial charge in [-0.05, 0) is 30.9 Å². The average molecular weight is 273 g/mol. The van der Waals surface area contributed by atoms with Crippen LogP contribution >= 0.6 is 0 Å². The smallest absolute Gasteiger partial charge is 0.356 e. The summed E-state index contributed by atoms with van der Waals surface area (Å²) < 4.78 is 0. The first-order valence-corrected chi connectivity index (χ1v) is 6.29. The molecule has 1 saturated carbocycles. The maximum Gasteiger partial charge on any atom is 0.356 e. The summed E-state index contributed by atoms with van der Waals surface area (Å²) in [6.07, 6.45) is 8.82. The Labute approximate surface area is 116 Å². The second kappa shape index (κ2) is 6.06. The van der Waals surface area contributed by atoms with E-state index in [2.05, 4.69) is 16.2 Å². The van der Waals surface area contributed by atoms with Crippen LogP contribution in [0.1, 0.15) is 23.3 Å². The third kappa shape index (κ3) is 3.48. The van der Waals surface area contributed by atoms with Gasteiger partial charge in [-0.15, -0.1) is 6.42 Å². The number of carbonyl (C=O) groups excluding carboxylic acids is 1. The summed E-state index contributed by atoms with van der Waals surface area (Å²) in [5.41, 5.74) is -0.0178. The van der Waals surface area contributed by atoms with E-state index in [9.17, 15) is 9.59 Å². The lowest BCUT2D eigenvalue weighted by Gasteiger charge is -2.20. The molecule has 0 aromatic carbocycles. The van der Waals surface area contributed by atoms with Crippen molar-refractivity contribution in [3.05, 3.63) is 24.0 Å². The molecule has 0 bridgehead atoms. The van der Waals surface area contributed by atoms with E-state index in [1.807, 2.05) is 0 Å². The molecule has 2 rings (SSSR count). The van der Waals surface area contributed by atoms with Crippen molar-refractivity contribution in [1.82, 2.24) is 9.88 Å². The van der Waals surface area contributed by atoms with Crippen molar-refractivity contribution in [1.29, 1.82) is 0 Å². The van der Waals surface area contributed by atoms with Crippen LogP contribution in [0, 0.1) is 18.3 Å². The minimum absolute atomic E-state index is 0.169. The maximum atomic E-state index is 12.1. The zero-order valence-corrected chi connectivity index (χ0v) is 10.9. The number of terminal acetylenes is 1. The monoisotopic (exact) mass is 273 g/mol. The van der Waals surface area contributed by atoms with Gasteiger partial charge < -0.3 is 15.3 Å². The van der Waals surface area contributed by atoms with Gasteiger partial charge in [-0.3, -0.25) is 0 Å². The lowest BCUT2D eigenvalue weighted by molar-refractivity contribution is 0.0691. The number of nitrogens with one attached hydrogen (secondary N) is 1. The number of hydrogen-bond donors (Lipinski definition) is 2. The lowest BCUT2D eigenvalue weighted by Crippen LogP contribution is -2.37. The van der Waals surface area contributed by atoms with Gasteiger partial charge >= 0.3 is 12.0 Å². The number of urea groups is 1. The van der Waals surface area contributed by atoms with E-state index < -0.39 is 12.0 Å². The van der Waals surface area contributed by atoms with Crippen LogP contribution in [0.4, 0.5) is 10.5 Å². The molecule has 0 atom stereocenters. The second-order valence-corrected chi connectivity index (χ2v) is 4.66. The second-order valence-electron chi connectivity index (χ2n) is 4.66. The number of hydrogen-bond acceptors (Lipinski definition) is 3. The summed E-state index contributed by atoms with van der Waals surface area (Å²) in [6.45, 7) is 0.795. The highest BCUT2D eigenvalue weighted by molar-refractivity contribution is 5.98. The molecule has 104 valence electrons. The van der Waals surface area contributed by atoms with Crippen LogP contribution < -0.4 is 5.32 Å². The van der Waals surface area contributed by atoms with Gasteiger partial charge in [-0.25, -0.2) is 14.6 Å². The number of anilines is 1. The number of carboxylic acid groups (broad SMARTS) is 1. The number of amides is 2. The van der Waals surface area contributed by atoms with Gasteiger partial charge in [-0.2, -0.15) is 0 Å². The Kier molecular flexibility index (Phi) is 4.20. The predicted molar refractivity (Wildman–Crippen MR) is 73.3 cm³/mol. The van der Waals surface area contributed by atoms with Crippen LogP contribution in [-0.4, -0.2) is 40.1 Å². The van der Waals surface area contributed by atoms with Crippen LogP contribution in [-0.2, 0) is 0 Å². The molecule has 1 fully saturated rings. The minimum atomic E-state index is -1.19. The maximum absolute atomic E-state index is 12.1. The van der Waals surface area contributed by atoms with E-state index in [-0.39, 0.29) is 17.9 Å². The van der Waals surface area contributed by atoms with Crippen molar-refractivity contribution < 1.29 is 14.7 Å². The van der Waals surface area contributed by atoms with E-state index in [4.69, 9.17) is 11.5 Å². The molecule has 0 radical (unpaired) electrons. The number of carbonyl (C=O) groups is 2. The van der Waals surface area contributed by atoms with Crippen molar-refractivity contribution in [3.63, 3.8) is 0 Å². The quantitative estimate of drug-likeness (QED) is 0.799. The number of aromatic carboxylic acids is 1. The SMILES string of the molecule is C#CCN(CC1CC1)C(=O)Nc1cccnc1C(=O)O. The molecule has 6 heteroatoms. The summed E-state index contributed by atoms with van der Waals surface area (Å²) in [7, 11) is 0. The number of aromatic nitrogens is 1. The summed E-state index contributed by atoms with van der Waals surface area (Å²) in [4.78, 5) is 28.4. The molecule has 1 aromatic heterocycles. The highest BCUT2D eigenvalue weighted by Crippen LogP contribution is 2.29. The van der Waals surface area contributed by atoms with E-state index in [0.717, 1.165) is 12.8 Å². The molecule has 6 nitrogen and oxygen atoms in total. The first-order valence-electron chi connectivity index (χ1n) is 6.29. The van der Waals surface area contributed by atoms with Crippen molar-refractivity contribution in [2.45, 2.75) is 12.8 Å². The van der Waals surface area contributed by atoms with Gasteiger partial charge in [0.05, 0.1) is 12.2 Å². The first-order chi connectivity index (χ1) is 9.61. The van der Waals surface area contributed by atoms with Gasteiger partial charge in [-0.1, -0.05) is 5.92 Å². The Morgan fingerprint density at radius 1 is 1.55 bits per heavy atom. The highest BCUT2D eigenvalue weighted by atomic mass is 16.4. The Bertz CT molecular complexity index is 561. The Morgan fingerprint density at radius 3 is 2.90 bits per heavy atom. The molecule has 0 unspecified atom stereocenters. The summed E-state index contributed by atoms with van der Waals surface area (Å²) in [5.74, 6) is 1.75. The zero-order valence-electron chi connectivity index (χ0n) is 10.9. The van der Waals surface area contributed by atoms with Crippen LogP contribution in [0.15, 0.2) is 18.3 Å². The van der Waals surface area contributed by atoms with Gasteiger partial charge in [0.1, 0.15) is 0 Å². The van der Waals surface area contributed by atoms with Crippen molar-refractivity contribution in [2.24, 2.45) is 5.92 Å². The zero-order chi connectivity index (χ0) is 14.5. The third-order valence-electron chi connectivity index (χ3n) is 3.00. The minimum Gasteiger partial charge on any atom is -0.476 e. The summed E-state index contributed by atoms with van der Waals surface area (Å²) in [6, 6.07) is 2.67. The topological polar surface area (TPSA) is 82.5 Å². The summed E-state index contributed by atoms with van der Waals surface area (Å²) in [5, 5.41) is 11.6. The molecular weight excluding hydrogens is 258 g/mol. The first kappa shape index (κ1) is 13.9. The van der Waals surface area contributed by atoms with Crippen molar-refractivity contribution in [3.8, 4) is 12.3 Å².